The van der Waals surface area contributed by atoms with Gasteiger partial charge in [-0.3, -0.25) is 10.1 Å². The molecule has 0 atom stereocenters. The third-order valence-electron chi connectivity index (χ3n) is 3.03. The molecule has 0 radical (unpaired) electrons. The molecule has 0 amide bonds. The van der Waals surface area contributed by atoms with E-state index in [0.717, 1.165) is 22.5 Å². The molecule has 3 rings (SSSR count). The van der Waals surface area contributed by atoms with Crippen molar-refractivity contribution in [2.75, 3.05) is 13.0 Å². The minimum absolute atomic E-state index is 0.0121. The largest absolute Gasteiger partial charge is 0.497 e. The fraction of sp³-hybridized carbons (Fsp3) is 0.0769. The van der Waals surface area contributed by atoms with Gasteiger partial charge in [0.1, 0.15) is 5.75 Å². The summed E-state index contributed by atoms with van der Waals surface area (Å²) >= 11 is 0.792. The number of nitrogen functional groups attached to an aromatic ring is 1. The van der Waals surface area contributed by atoms with Crippen LogP contribution in [0.5, 0.6) is 5.75 Å². The van der Waals surface area contributed by atoms with Crippen LogP contribution in [0.2, 0.25) is 0 Å². The van der Waals surface area contributed by atoms with E-state index in [-0.39, 0.29) is 21.6 Å². The van der Waals surface area contributed by atoms with E-state index in [1.54, 1.807) is 12.1 Å². The van der Waals surface area contributed by atoms with Crippen LogP contribution in [0.3, 0.4) is 0 Å². The first-order valence-corrected chi connectivity index (χ1v) is 7.27. The van der Waals surface area contributed by atoms with Crippen molar-refractivity contribution < 1.29 is 18.5 Å². The molecule has 0 aliphatic rings. The molecule has 2 aromatic heterocycles. The van der Waals surface area contributed by atoms with Crippen molar-refractivity contribution in [3.63, 3.8) is 0 Å². The molecule has 1 aromatic carbocycles. The fourth-order valence-electron chi connectivity index (χ4n) is 1.94. The zero-order valence-electron chi connectivity index (χ0n) is 12.2. The summed E-state index contributed by atoms with van der Waals surface area (Å²) in [5, 5.41) is 19.0. The summed E-state index contributed by atoms with van der Waals surface area (Å²) in [5.74, 6) is 5.62. The lowest BCUT2D eigenvalue weighted by Crippen LogP contribution is -2.11. The van der Waals surface area contributed by atoms with Crippen molar-refractivity contribution in [3.05, 3.63) is 46.5 Å². The second-order valence-corrected chi connectivity index (χ2v) is 5.48. The molecule has 0 saturated heterocycles. The monoisotopic (exact) mass is 351 g/mol. The Kier molecular flexibility index (Phi) is 4.08. The van der Waals surface area contributed by atoms with Gasteiger partial charge < -0.3 is 15.0 Å². The maximum atomic E-state index is 14.0. The number of ether oxygens (including phenoxy) is 1. The summed E-state index contributed by atoms with van der Waals surface area (Å²) in [7, 11) is 1.33. The molecule has 124 valence electrons. The third-order valence-corrected chi connectivity index (χ3v) is 4.02. The second kappa shape index (κ2) is 6.20. The highest BCUT2D eigenvalue weighted by molar-refractivity contribution is 7.99. The number of nitrogens with zero attached hydrogens (tertiary/aromatic N) is 4. The van der Waals surface area contributed by atoms with Gasteiger partial charge in [0.25, 0.3) is 0 Å². The van der Waals surface area contributed by atoms with Crippen molar-refractivity contribution >= 4 is 17.4 Å². The van der Waals surface area contributed by atoms with Crippen LogP contribution >= 0.6 is 11.8 Å². The molecule has 0 bridgehead atoms. The number of methoxy groups -OCH3 is 1. The van der Waals surface area contributed by atoms with Crippen LogP contribution in [0, 0.1) is 15.9 Å². The SMILES string of the molecule is COc1cc(F)c([N+](=O)[O-])c(Sc2nnc(-c3ccco3)n2N)c1. The van der Waals surface area contributed by atoms with E-state index in [9.17, 15) is 14.5 Å². The molecule has 24 heavy (non-hydrogen) atoms. The Bertz CT molecular complexity index is 896. The van der Waals surface area contributed by atoms with Crippen molar-refractivity contribution in [1.29, 1.82) is 0 Å². The Hall–Kier alpha value is -3.08. The van der Waals surface area contributed by atoms with Gasteiger partial charge in [0.05, 0.1) is 23.2 Å². The molecule has 2 N–H and O–H groups in total. The van der Waals surface area contributed by atoms with Crippen LogP contribution in [0.4, 0.5) is 10.1 Å². The smallest absolute Gasteiger partial charge is 0.318 e. The number of hydrogen-bond acceptors (Lipinski definition) is 8. The predicted octanol–water partition coefficient (Wildman–Crippen LogP) is 2.46. The van der Waals surface area contributed by atoms with Gasteiger partial charge in [0, 0.05) is 12.1 Å². The van der Waals surface area contributed by atoms with E-state index >= 15 is 0 Å². The Labute approximate surface area is 138 Å². The molecule has 11 heteroatoms. The summed E-state index contributed by atoms with van der Waals surface area (Å²) in [6, 6.07) is 5.55. The molecule has 0 aliphatic heterocycles. The summed E-state index contributed by atoms with van der Waals surface area (Å²) < 4.78 is 25.2. The zero-order valence-corrected chi connectivity index (χ0v) is 13.0. The van der Waals surface area contributed by atoms with E-state index in [0.29, 0.717) is 5.76 Å². The number of nitro benzene ring substituents is 1. The first-order chi connectivity index (χ1) is 11.5. The number of rotatable bonds is 5. The fourth-order valence-corrected chi connectivity index (χ4v) is 2.85. The van der Waals surface area contributed by atoms with Gasteiger partial charge in [0.15, 0.2) is 5.76 Å². The van der Waals surface area contributed by atoms with Crippen LogP contribution in [0.25, 0.3) is 11.6 Å². The summed E-state index contributed by atoms with van der Waals surface area (Å²) in [6.45, 7) is 0. The third kappa shape index (κ3) is 2.76. The van der Waals surface area contributed by atoms with Crippen molar-refractivity contribution in [1.82, 2.24) is 14.9 Å². The predicted molar refractivity (Wildman–Crippen MR) is 81.6 cm³/mol. The Morgan fingerprint density at radius 3 is 2.88 bits per heavy atom. The highest BCUT2D eigenvalue weighted by Crippen LogP contribution is 2.38. The van der Waals surface area contributed by atoms with Crippen molar-refractivity contribution in [3.8, 4) is 17.3 Å². The van der Waals surface area contributed by atoms with Gasteiger partial charge in [-0.25, -0.2) is 4.68 Å². The van der Waals surface area contributed by atoms with Gasteiger partial charge >= 0.3 is 5.69 Å². The number of nitrogens with two attached hydrogens (primary N) is 1. The molecule has 0 spiro atoms. The lowest BCUT2D eigenvalue weighted by molar-refractivity contribution is -0.390. The van der Waals surface area contributed by atoms with Gasteiger partial charge in [-0.15, -0.1) is 10.2 Å². The Balaban J connectivity index is 2.03. The highest BCUT2D eigenvalue weighted by atomic mass is 32.2. The lowest BCUT2D eigenvalue weighted by atomic mass is 10.3. The summed E-state index contributed by atoms with van der Waals surface area (Å²) in [4.78, 5) is 10.3. The van der Waals surface area contributed by atoms with Gasteiger partial charge in [0.2, 0.25) is 16.8 Å². The number of halogens is 1. The lowest BCUT2D eigenvalue weighted by Gasteiger charge is -2.06. The molecule has 0 unspecified atom stereocenters. The Morgan fingerprint density at radius 2 is 2.25 bits per heavy atom. The van der Waals surface area contributed by atoms with Crippen LogP contribution in [-0.2, 0) is 0 Å². The average Bonchev–Trinajstić information content (AvgIpc) is 3.17. The molecule has 0 aliphatic carbocycles. The normalized spacial score (nSPS) is 10.8. The Morgan fingerprint density at radius 1 is 1.46 bits per heavy atom. The first kappa shape index (κ1) is 15.8. The highest BCUT2D eigenvalue weighted by Gasteiger charge is 2.25. The maximum Gasteiger partial charge on any atom is 0.318 e. The molecule has 3 aromatic rings. The van der Waals surface area contributed by atoms with E-state index < -0.39 is 16.4 Å². The average molecular weight is 351 g/mol. The number of hydrogen-bond donors (Lipinski definition) is 1. The molecule has 9 nitrogen and oxygen atoms in total. The number of benzene rings is 1. The van der Waals surface area contributed by atoms with Gasteiger partial charge in [-0.1, -0.05) is 0 Å². The second-order valence-electron chi connectivity index (χ2n) is 4.47. The maximum absolute atomic E-state index is 14.0. The van der Waals surface area contributed by atoms with E-state index in [4.69, 9.17) is 15.0 Å². The molecular formula is C13H10FN5O4S. The van der Waals surface area contributed by atoms with E-state index in [1.807, 2.05) is 0 Å². The van der Waals surface area contributed by atoms with Crippen LogP contribution in [-0.4, -0.2) is 26.9 Å². The van der Waals surface area contributed by atoms with Crippen LogP contribution < -0.4 is 10.6 Å². The number of furan rings is 1. The summed E-state index contributed by atoms with van der Waals surface area (Å²) in [6.07, 6.45) is 1.44. The van der Waals surface area contributed by atoms with E-state index in [2.05, 4.69) is 10.2 Å². The minimum atomic E-state index is -1.02. The van der Waals surface area contributed by atoms with Crippen molar-refractivity contribution in [2.45, 2.75) is 10.1 Å². The van der Waals surface area contributed by atoms with Gasteiger partial charge in [-0.2, -0.15) is 4.39 Å². The standard InChI is InChI=1S/C13H10FN5O4S/c1-22-7-5-8(14)11(19(20)21)10(6-7)24-13-17-16-12(18(13)15)9-3-2-4-23-9/h2-6H,15H2,1H3. The molecule has 0 fully saturated rings. The molecular weight excluding hydrogens is 341 g/mol. The number of aromatic nitrogens is 3. The molecule has 0 saturated carbocycles. The first-order valence-electron chi connectivity index (χ1n) is 6.45. The van der Waals surface area contributed by atoms with Gasteiger partial charge in [-0.05, 0) is 23.9 Å². The summed E-state index contributed by atoms with van der Waals surface area (Å²) in [5.41, 5.74) is -0.691. The van der Waals surface area contributed by atoms with Crippen LogP contribution in [0.1, 0.15) is 0 Å². The minimum Gasteiger partial charge on any atom is -0.497 e. The molecule has 2 heterocycles. The topological polar surface area (TPSA) is 122 Å². The quantitative estimate of drug-likeness (QED) is 0.422. The van der Waals surface area contributed by atoms with E-state index in [1.165, 1.54) is 19.4 Å². The van der Waals surface area contributed by atoms with Crippen molar-refractivity contribution in [2.24, 2.45) is 0 Å². The van der Waals surface area contributed by atoms with Crippen LogP contribution in [0.15, 0.2) is 45.0 Å². The zero-order chi connectivity index (χ0) is 17.3. The number of nitro groups is 1.